The monoisotopic (exact) mass is 243 g/mol. The van der Waals surface area contributed by atoms with Crippen LogP contribution in [0, 0.1) is 0 Å². The van der Waals surface area contributed by atoms with Crippen LogP contribution in [0.1, 0.15) is 12.0 Å². The SMILES string of the molecule is O=c1[nH]cc(S(=O)(=O)Cl)cc1C(F)F. The second kappa shape index (κ2) is 3.66. The van der Waals surface area contributed by atoms with Gasteiger partial charge in [0.15, 0.2) is 0 Å². The standard InChI is InChI=1S/C6H4ClF2NO3S/c7-14(12,13)3-1-4(5(8)9)6(11)10-2-3/h1-2,5H,(H,10,11). The van der Waals surface area contributed by atoms with Crippen molar-refractivity contribution in [2.24, 2.45) is 0 Å². The molecule has 0 saturated carbocycles. The van der Waals surface area contributed by atoms with Crippen LogP contribution >= 0.6 is 10.7 Å². The van der Waals surface area contributed by atoms with Gasteiger partial charge in [0.05, 0.1) is 10.5 Å². The maximum Gasteiger partial charge on any atom is 0.269 e. The van der Waals surface area contributed by atoms with Crippen molar-refractivity contribution in [2.75, 3.05) is 0 Å². The van der Waals surface area contributed by atoms with Crippen molar-refractivity contribution in [1.82, 2.24) is 4.98 Å². The van der Waals surface area contributed by atoms with E-state index in [0.29, 0.717) is 6.07 Å². The molecule has 1 N–H and O–H groups in total. The average molecular weight is 244 g/mol. The number of nitrogens with one attached hydrogen (secondary N) is 1. The normalized spacial score (nSPS) is 12.0. The molecule has 1 rings (SSSR count). The topological polar surface area (TPSA) is 67.0 Å². The highest BCUT2D eigenvalue weighted by Gasteiger charge is 2.17. The number of hydrogen-bond acceptors (Lipinski definition) is 3. The molecule has 14 heavy (non-hydrogen) atoms. The summed E-state index contributed by atoms with van der Waals surface area (Å²) < 4.78 is 45.7. The highest BCUT2D eigenvalue weighted by Crippen LogP contribution is 2.19. The molecule has 0 radical (unpaired) electrons. The molecular weight excluding hydrogens is 240 g/mol. The van der Waals surface area contributed by atoms with Gasteiger partial charge in [-0.15, -0.1) is 0 Å². The van der Waals surface area contributed by atoms with Crippen molar-refractivity contribution in [3.8, 4) is 0 Å². The van der Waals surface area contributed by atoms with E-state index in [2.05, 4.69) is 0 Å². The molecule has 1 aromatic rings. The minimum Gasteiger partial charge on any atom is -0.327 e. The summed E-state index contributed by atoms with van der Waals surface area (Å²) in [6.45, 7) is 0. The maximum atomic E-state index is 12.1. The largest absolute Gasteiger partial charge is 0.327 e. The average Bonchev–Trinajstić information content (AvgIpc) is 2.02. The van der Waals surface area contributed by atoms with E-state index in [1.807, 2.05) is 4.98 Å². The summed E-state index contributed by atoms with van der Waals surface area (Å²) in [6.07, 6.45) is -2.28. The Balaban J connectivity index is 3.42. The second-order valence-electron chi connectivity index (χ2n) is 2.36. The zero-order valence-electron chi connectivity index (χ0n) is 6.50. The van der Waals surface area contributed by atoms with Crippen LogP contribution in [0.25, 0.3) is 0 Å². The number of H-pyrrole nitrogens is 1. The first kappa shape index (κ1) is 11.1. The van der Waals surface area contributed by atoms with Crippen molar-refractivity contribution in [3.63, 3.8) is 0 Å². The van der Waals surface area contributed by atoms with Gasteiger partial charge in [0, 0.05) is 16.9 Å². The number of aromatic nitrogens is 1. The van der Waals surface area contributed by atoms with Crippen LogP contribution < -0.4 is 5.56 Å². The Kier molecular flexibility index (Phi) is 2.91. The lowest BCUT2D eigenvalue weighted by Crippen LogP contribution is -2.13. The predicted molar refractivity (Wildman–Crippen MR) is 45.1 cm³/mol. The molecule has 0 aromatic carbocycles. The van der Waals surface area contributed by atoms with Gasteiger partial charge < -0.3 is 4.98 Å². The molecule has 4 nitrogen and oxygen atoms in total. The minimum absolute atomic E-state index is 0.547. The lowest BCUT2D eigenvalue weighted by Gasteiger charge is -1.99. The van der Waals surface area contributed by atoms with Crippen LogP contribution in [0.2, 0.25) is 0 Å². The summed E-state index contributed by atoms with van der Waals surface area (Å²) in [7, 11) is 0.786. The molecule has 1 heterocycles. The molecule has 0 atom stereocenters. The van der Waals surface area contributed by atoms with E-state index >= 15 is 0 Å². The minimum atomic E-state index is -4.11. The summed E-state index contributed by atoms with van der Waals surface area (Å²) in [5.74, 6) is 0. The Morgan fingerprint density at radius 3 is 2.43 bits per heavy atom. The van der Waals surface area contributed by atoms with E-state index < -0.39 is 31.5 Å². The molecule has 8 heteroatoms. The Bertz CT molecular complexity index is 496. The van der Waals surface area contributed by atoms with Gasteiger partial charge in [0.2, 0.25) is 0 Å². The zero-order valence-corrected chi connectivity index (χ0v) is 8.07. The molecule has 0 unspecified atom stereocenters. The third-order valence-electron chi connectivity index (χ3n) is 1.42. The van der Waals surface area contributed by atoms with Crippen LogP contribution in [0.5, 0.6) is 0 Å². The number of halogens is 3. The number of rotatable bonds is 2. The molecule has 1 aromatic heterocycles. The first-order valence-electron chi connectivity index (χ1n) is 3.28. The first-order valence-corrected chi connectivity index (χ1v) is 5.59. The molecule has 78 valence electrons. The maximum absolute atomic E-state index is 12.1. The van der Waals surface area contributed by atoms with Gasteiger partial charge >= 0.3 is 0 Å². The summed E-state index contributed by atoms with van der Waals surface area (Å²) in [5.41, 5.74) is -1.96. The summed E-state index contributed by atoms with van der Waals surface area (Å²) in [5, 5.41) is 0. The van der Waals surface area contributed by atoms with Crippen molar-refractivity contribution < 1.29 is 17.2 Å². The first-order chi connectivity index (χ1) is 6.32. The molecule has 0 bridgehead atoms. The summed E-state index contributed by atoms with van der Waals surface area (Å²) in [6, 6.07) is 0.547. The van der Waals surface area contributed by atoms with Crippen LogP contribution in [0.15, 0.2) is 22.0 Å². The number of alkyl halides is 2. The van der Waals surface area contributed by atoms with Crippen LogP contribution in [-0.4, -0.2) is 13.4 Å². The summed E-state index contributed by atoms with van der Waals surface area (Å²) >= 11 is 0. The van der Waals surface area contributed by atoms with Crippen molar-refractivity contribution in [2.45, 2.75) is 11.3 Å². The van der Waals surface area contributed by atoms with Crippen molar-refractivity contribution >= 4 is 19.7 Å². The molecule has 0 aliphatic heterocycles. The fraction of sp³-hybridized carbons (Fsp3) is 0.167. The Labute approximate surface area is 81.9 Å². The Morgan fingerprint density at radius 1 is 1.43 bits per heavy atom. The fourth-order valence-corrected chi connectivity index (χ4v) is 1.52. The van der Waals surface area contributed by atoms with Crippen LogP contribution in [-0.2, 0) is 9.05 Å². The van der Waals surface area contributed by atoms with Gasteiger partial charge in [-0.1, -0.05) is 0 Å². The van der Waals surface area contributed by atoms with Crippen LogP contribution in [0.3, 0.4) is 0 Å². The van der Waals surface area contributed by atoms with Crippen LogP contribution in [0.4, 0.5) is 8.78 Å². The zero-order chi connectivity index (χ0) is 10.9. The molecular formula is C6H4ClF2NO3S. The molecule has 0 aliphatic rings. The Hall–Kier alpha value is -0.950. The highest BCUT2D eigenvalue weighted by molar-refractivity contribution is 8.13. The molecule has 0 aliphatic carbocycles. The number of pyridine rings is 1. The van der Waals surface area contributed by atoms with Gasteiger partial charge in [0.25, 0.3) is 21.0 Å². The van der Waals surface area contributed by atoms with E-state index in [0.717, 1.165) is 6.20 Å². The van der Waals surface area contributed by atoms with E-state index in [4.69, 9.17) is 10.7 Å². The van der Waals surface area contributed by atoms with E-state index in [1.54, 1.807) is 0 Å². The number of hydrogen-bond donors (Lipinski definition) is 1. The fourth-order valence-electron chi connectivity index (χ4n) is 0.783. The van der Waals surface area contributed by atoms with Crippen molar-refractivity contribution in [1.29, 1.82) is 0 Å². The highest BCUT2D eigenvalue weighted by atomic mass is 35.7. The third kappa shape index (κ3) is 2.30. The number of aromatic amines is 1. The molecule has 0 fully saturated rings. The van der Waals surface area contributed by atoms with Crippen molar-refractivity contribution in [3.05, 3.63) is 28.2 Å². The second-order valence-corrected chi connectivity index (χ2v) is 4.92. The Morgan fingerprint density at radius 2 is 2.00 bits per heavy atom. The third-order valence-corrected chi connectivity index (χ3v) is 2.76. The molecule has 0 spiro atoms. The quantitative estimate of drug-likeness (QED) is 0.795. The molecule has 0 saturated heterocycles. The van der Waals surface area contributed by atoms with Gasteiger partial charge in [0.1, 0.15) is 0 Å². The van der Waals surface area contributed by atoms with E-state index in [9.17, 15) is 22.0 Å². The van der Waals surface area contributed by atoms with Gasteiger partial charge in [-0.3, -0.25) is 4.79 Å². The summed E-state index contributed by atoms with van der Waals surface area (Å²) in [4.78, 5) is 12.1. The van der Waals surface area contributed by atoms with Gasteiger partial charge in [-0.2, -0.15) is 0 Å². The van der Waals surface area contributed by atoms with Gasteiger partial charge in [-0.05, 0) is 6.07 Å². The van der Waals surface area contributed by atoms with Gasteiger partial charge in [-0.25, -0.2) is 17.2 Å². The lowest BCUT2D eigenvalue weighted by molar-refractivity contribution is 0.149. The van der Waals surface area contributed by atoms with E-state index in [-0.39, 0.29) is 0 Å². The molecule has 0 amide bonds. The lowest BCUT2D eigenvalue weighted by atomic mass is 10.3. The predicted octanol–water partition coefficient (Wildman–Crippen LogP) is 1.24. The van der Waals surface area contributed by atoms with E-state index in [1.165, 1.54) is 0 Å². The smallest absolute Gasteiger partial charge is 0.269 e.